The predicted molar refractivity (Wildman–Crippen MR) is 60.3 cm³/mol. The van der Waals surface area contributed by atoms with Crippen molar-refractivity contribution < 1.29 is 0 Å². The number of thiophene rings is 1. The largest absolute Gasteiger partial charge is 0.309 e. The Morgan fingerprint density at radius 1 is 1.31 bits per heavy atom. The van der Waals surface area contributed by atoms with Gasteiger partial charge in [0.1, 0.15) is 0 Å². The molecule has 2 heteroatoms. The van der Waals surface area contributed by atoms with Gasteiger partial charge in [-0.2, -0.15) is 0 Å². The van der Waals surface area contributed by atoms with Gasteiger partial charge in [-0.25, -0.2) is 0 Å². The molecule has 0 aliphatic carbocycles. The number of rotatable bonds is 5. The smallest absolute Gasteiger partial charge is 0.0302 e. The summed E-state index contributed by atoms with van der Waals surface area (Å²) in [5.74, 6) is 0. The van der Waals surface area contributed by atoms with Crippen LogP contribution in [0.25, 0.3) is 0 Å². The van der Waals surface area contributed by atoms with Gasteiger partial charge in [-0.3, -0.25) is 0 Å². The molecule has 0 bridgehead atoms. The van der Waals surface area contributed by atoms with Crippen molar-refractivity contribution in [2.24, 2.45) is 0 Å². The summed E-state index contributed by atoms with van der Waals surface area (Å²) in [6.45, 7) is 7.66. The Labute approximate surface area is 85.2 Å². The molecule has 0 amide bonds. The van der Waals surface area contributed by atoms with Gasteiger partial charge in [0, 0.05) is 22.3 Å². The normalized spacial score (nSPS) is 11.1. The van der Waals surface area contributed by atoms with E-state index in [4.69, 9.17) is 0 Å². The number of nitrogens with one attached hydrogen (secondary N) is 1. The highest BCUT2D eigenvalue weighted by Gasteiger charge is 2.02. The molecule has 1 aromatic heterocycles. The maximum atomic E-state index is 3.56. The third kappa shape index (κ3) is 3.49. The quantitative estimate of drug-likeness (QED) is 0.763. The van der Waals surface area contributed by atoms with Crippen LogP contribution in [0.1, 0.15) is 36.4 Å². The van der Waals surface area contributed by atoms with Crippen molar-refractivity contribution in [1.29, 1.82) is 0 Å². The summed E-state index contributed by atoms with van der Waals surface area (Å²) in [7, 11) is 0. The maximum absolute atomic E-state index is 3.56. The molecule has 0 aliphatic rings. The SMILES string of the molecule is CCC(CC)NCc1ccc(C)s1. The molecule has 74 valence electrons. The van der Waals surface area contributed by atoms with Crippen molar-refractivity contribution >= 4 is 11.3 Å². The van der Waals surface area contributed by atoms with Crippen LogP contribution in [0.2, 0.25) is 0 Å². The molecule has 0 spiro atoms. The second kappa shape index (κ2) is 5.40. The lowest BCUT2D eigenvalue weighted by Gasteiger charge is -2.13. The molecule has 1 nitrogen and oxygen atoms in total. The summed E-state index contributed by atoms with van der Waals surface area (Å²) < 4.78 is 0. The Hall–Kier alpha value is -0.340. The van der Waals surface area contributed by atoms with Gasteiger partial charge in [-0.1, -0.05) is 13.8 Å². The van der Waals surface area contributed by atoms with E-state index in [0.717, 1.165) is 6.54 Å². The molecule has 0 aromatic carbocycles. The Morgan fingerprint density at radius 2 is 2.00 bits per heavy atom. The van der Waals surface area contributed by atoms with Crippen LogP contribution in [0.5, 0.6) is 0 Å². The lowest BCUT2D eigenvalue weighted by atomic mass is 10.2. The zero-order chi connectivity index (χ0) is 9.68. The molecular weight excluding hydrogens is 178 g/mol. The fraction of sp³-hybridized carbons (Fsp3) is 0.636. The highest BCUT2D eigenvalue weighted by molar-refractivity contribution is 7.11. The van der Waals surface area contributed by atoms with E-state index < -0.39 is 0 Å². The van der Waals surface area contributed by atoms with Crippen LogP contribution in [0.3, 0.4) is 0 Å². The van der Waals surface area contributed by atoms with Crippen LogP contribution in [-0.4, -0.2) is 6.04 Å². The van der Waals surface area contributed by atoms with Crippen LogP contribution < -0.4 is 5.32 Å². The van der Waals surface area contributed by atoms with Crippen LogP contribution in [0, 0.1) is 6.92 Å². The second-order valence-corrected chi connectivity index (χ2v) is 4.78. The monoisotopic (exact) mass is 197 g/mol. The van der Waals surface area contributed by atoms with Crippen LogP contribution in [-0.2, 0) is 6.54 Å². The molecule has 0 unspecified atom stereocenters. The first kappa shape index (κ1) is 10.7. The maximum Gasteiger partial charge on any atom is 0.0302 e. The molecule has 1 N–H and O–H groups in total. The molecule has 0 saturated heterocycles. The second-order valence-electron chi connectivity index (χ2n) is 3.41. The molecule has 1 rings (SSSR count). The Balaban J connectivity index is 2.33. The van der Waals surface area contributed by atoms with Gasteiger partial charge < -0.3 is 5.32 Å². The number of aryl methyl sites for hydroxylation is 1. The lowest BCUT2D eigenvalue weighted by Crippen LogP contribution is -2.26. The summed E-state index contributed by atoms with van der Waals surface area (Å²) >= 11 is 1.89. The third-order valence-corrected chi connectivity index (χ3v) is 3.35. The minimum absolute atomic E-state index is 0.683. The highest BCUT2D eigenvalue weighted by Crippen LogP contribution is 2.14. The first-order chi connectivity index (χ1) is 6.26. The lowest BCUT2D eigenvalue weighted by molar-refractivity contribution is 0.486. The summed E-state index contributed by atoms with van der Waals surface area (Å²) in [4.78, 5) is 2.85. The van der Waals surface area contributed by atoms with Crippen molar-refractivity contribution in [2.75, 3.05) is 0 Å². The first-order valence-corrected chi connectivity index (χ1v) is 5.86. The molecule has 13 heavy (non-hydrogen) atoms. The van der Waals surface area contributed by atoms with Crippen molar-refractivity contribution in [1.82, 2.24) is 5.32 Å². The minimum Gasteiger partial charge on any atom is -0.309 e. The zero-order valence-corrected chi connectivity index (χ0v) is 9.58. The summed E-state index contributed by atoms with van der Waals surface area (Å²) in [5, 5.41) is 3.56. The standard InChI is InChI=1S/C11H19NS/c1-4-10(5-2)12-8-11-7-6-9(3)13-11/h6-7,10,12H,4-5,8H2,1-3H3. The predicted octanol–water partition coefficient (Wildman–Crippen LogP) is 3.33. The van der Waals surface area contributed by atoms with E-state index in [1.807, 2.05) is 11.3 Å². The van der Waals surface area contributed by atoms with Crippen molar-refractivity contribution in [2.45, 2.75) is 46.2 Å². The van der Waals surface area contributed by atoms with Crippen LogP contribution in [0.15, 0.2) is 12.1 Å². The first-order valence-electron chi connectivity index (χ1n) is 5.05. The average molecular weight is 197 g/mol. The van der Waals surface area contributed by atoms with Gasteiger partial charge in [0.15, 0.2) is 0 Å². The van der Waals surface area contributed by atoms with E-state index in [1.165, 1.54) is 22.6 Å². The molecule has 0 aliphatic heterocycles. The molecule has 0 atom stereocenters. The highest BCUT2D eigenvalue weighted by atomic mass is 32.1. The molecule has 0 saturated carbocycles. The summed E-state index contributed by atoms with van der Waals surface area (Å²) in [5.41, 5.74) is 0. The van der Waals surface area contributed by atoms with E-state index in [9.17, 15) is 0 Å². The molecule has 0 radical (unpaired) electrons. The van der Waals surface area contributed by atoms with Gasteiger partial charge >= 0.3 is 0 Å². The number of hydrogen-bond donors (Lipinski definition) is 1. The van der Waals surface area contributed by atoms with E-state index in [1.54, 1.807) is 0 Å². The van der Waals surface area contributed by atoms with Crippen LogP contribution in [0.4, 0.5) is 0 Å². The van der Waals surface area contributed by atoms with Gasteiger partial charge in [0.25, 0.3) is 0 Å². The topological polar surface area (TPSA) is 12.0 Å². The van der Waals surface area contributed by atoms with Crippen molar-refractivity contribution in [3.63, 3.8) is 0 Å². The Morgan fingerprint density at radius 3 is 2.46 bits per heavy atom. The molecular formula is C11H19NS. The van der Waals surface area contributed by atoms with E-state index in [0.29, 0.717) is 6.04 Å². The van der Waals surface area contributed by atoms with E-state index >= 15 is 0 Å². The van der Waals surface area contributed by atoms with E-state index in [2.05, 4.69) is 38.2 Å². The Kier molecular flexibility index (Phi) is 4.46. The number of hydrogen-bond acceptors (Lipinski definition) is 2. The zero-order valence-electron chi connectivity index (χ0n) is 8.76. The fourth-order valence-corrected chi connectivity index (χ4v) is 2.24. The fourth-order valence-electron chi connectivity index (χ4n) is 1.40. The molecule has 1 aromatic rings. The third-order valence-electron chi connectivity index (χ3n) is 2.35. The van der Waals surface area contributed by atoms with Crippen LogP contribution >= 0.6 is 11.3 Å². The summed E-state index contributed by atoms with van der Waals surface area (Å²) in [6.07, 6.45) is 2.45. The van der Waals surface area contributed by atoms with Gasteiger partial charge in [0.2, 0.25) is 0 Å². The average Bonchev–Trinajstić information content (AvgIpc) is 2.53. The van der Waals surface area contributed by atoms with Crippen molar-refractivity contribution in [3.05, 3.63) is 21.9 Å². The van der Waals surface area contributed by atoms with Crippen molar-refractivity contribution in [3.8, 4) is 0 Å². The van der Waals surface area contributed by atoms with Gasteiger partial charge in [-0.05, 0) is 31.9 Å². The van der Waals surface area contributed by atoms with Gasteiger partial charge in [-0.15, -0.1) is 11.3 Å². The molecule has 0 fully saturated rings. The summed E-state index contributed by atoms with van der Waals surface area (Å²) in [6, 6.07) is 5.09. The minimum atomic E-state index is 0.683. The molecule has 1 heterocycles. The van der Waals surface area contributed by atoms with Gasteiger partial charge in [0.05, 0.1) is 0 Å². The van der Waals surface area contributed by atoms with E-state index in [-0.39, 0.29) is 0 Å². The Bertz CT molecular complexity index is 238.